The summed E-state index contributed by atoms with van der Waals surface area (Å²) in [6.45, 7) is 4.53. The molecule has 0 aliphatic carbocycles. The second-order valence-electron chi connectivity index (χ2n) is 6.12. The predicted octanol–water partition coefficient (Wildman–Crippen LogP) is 3.50. The number of fused-ring (bicyclic) bond motifs is 3. The van der Waals surface area contributed by atoms with Crippen LogP contribution in [0.2, 0.25) is 0 Å². The lowest BCUT2D eigenvalue weighted by Gasteiger charge is -2.10. The van der Waals surface area contributed by atoms with Crippen molar-refractivity contribution in [2.75, 3.05) is 5.75 Å². The van der Waals surface area contributed by atoms with Gasteiger partial charge in [0.25, 0.3) is 0 Å². The highest BCUT2D eigenvalue weighted by Crippen LogP contribution is 2.27. The first-order chi connectivity index (χ1) is 12.6. The van der Waals surface area contributed by atoms with E-state index in [0.717, 1.165) is 28.1 Å². The van der Waals surface area contributed by atoms with Crippen LogP contribution in [0.5, 0.6) is 0 Å². The zero-order valence-electron chi connectivity index (χ0n) is 14.5. The number of rotatable bonds is 5. The average molecular weight is 366 g/mol. The number of hydrogen-bond acceptors (Lipinski definition) is 5. The lowest BCUT2D eigenvalue weighted by molar-refractivity contribution is -0.118. The fraction of sp³-hybridized carbons (Fsp3) is 0.211. The number of amides is 1. The van der Waals surface area contributed by atoms with Gasteiger partial charge in [0, 0.05) is 5.39 Å². The third-order valence-corrected chi connectivity index (χ3v) is 5.19. The van der Waals surface area contributed by atoms with Crippen molar-refractivity contribution in [2.24, 2.45) is 0 Å². The Hall–Kier alpha value is -2.80. The molecular formula is C19H18N4O2S. The lowest BCUT2D eigenvalue weighted by Crippen LogP contribution is -2.24. The van der Waals surface area contributed by atoms with E-state index in [4.69, 9.17) is 4.42 Å². The van der Waals surface area contributed by atoms with Crippen molar-refractivity contribution in [2.45, 2.75) is 25.5 Å². The van der Waals surface area contributed by atoms with Crippen molar-refractivity contribution in [3.63, 3.8) is 0 Å². The molecule has 0 fully saturated rings. The van der Waals surface area contributed by atoms with Crippen LogP contribution < -0.4 is 5.32 Å². The summed E-state index contributed by atoms with van der Waals surface area (Å²) < 4.78 is 7.25. The summed E-state index contributed by atoms with van der Waals surface area (Å²) in [7, 11) is 0. The van der Waals surface area contributed by atoms with Crippen LogP contribution >= 0.6 is 11.8 Å². The first-order valence-corrected chi connectivity index (χ1v) is 9.28. The standard InChI is InChI=1S/C19H18N4O2S/c1-12-5-3-7-15-13(2)9-16-21-22-19(23(16)18(12)15)26-11-17(24)20-10-14-6-4-8-25-14/h3-9H,10-11H2,1-2H3,(H,20,24). The third-order valence-electron chi connectivity index (χ3n) is 4.26. The quantitative estimate of drug-likeness (QED) is 0.547. The van der Waals surface area contributed by atoms with Crippen LogP contribution in [0.15, 0.2) is 52.2 Å². The topological polar surface area (TPSA) is 72.4 Å². The number of aromatic nitrogens is 3. The maximum absolute atomic E-state index is 12.1. The Bertz CT molecular complexity index is 1090. The van der Waals surface area contributed by atoms with Crippen molar-refractivity contribution in [3.05, 3.63) is 59.5 Å². The second-order valence-corrected chi connectivity index (χ2v) is 7.06. The van der Waals surface area contributed by atoms with Gasteiger partial charge in [-0.3, -0.25) is 9.20 Å². The Balaban J connectivity index is 1.58. The number of furan rings is 1. The van der Waals surface area contributed by atoms with Crippen LogP contribution in [0, 0.1) is 13.8 Å². The van der Waals surface area contributed by atoms with Crippen LogP contribution in [0.4, 0.5) is 0 Å². The monoisotopic (exact) mass is 366 g/mol. The summed E-state index contributed by atoms with van der Waals surface area (Å²) in [5.74, 6) is 0.924. The van der Waals surface area contributed by atoms with Crippen molar-refractivity contribution < 1.29 is 9.21 Å². The van der Waals surface area contributed by atoms with Crippen molar-refractivity contribution >= 4 is 34.2 Å². The van der Waals surface area contributed by atoms with E-state index >= 15 is 0 Å². The summed E-state index contributed by atoms with van der Waals surface area (Å²) in [6, 6.07) is 11.9. The second kappa shape index (κ2) is 6.84. The molecule has 3 heterocycles. The molecule has 7 heteroatoms. The minimum Gasteiger partial charge on any atom is -0.467 e. The molecular weight excluding hydrogens is 348 g/mol. The first-order valence-electron chi connectivity index (χ1n) is 8.29. The molecule has 3 aromatic heterocycles. The minimum absolute atomic E-state index is 0.0729. The average Bonchev–Trinajstić information content (AvgIpc) is 3.28. The fourth-order valence-corrected chi connectivity index (χ4v) is 3.78. The van der Waals surface area contributed by atoms with Gasteiger partial charge in [0.1, 0.15) is 5.76 Å². The summed E-state index contributed by atoms with van der Waals surface area (Å²) in [5.41, 5.74) is 4.20. The number of pyridine rings is 1. The maximum atomic E-state index is 12.1. The molecule has 0 radical (unpaired) electrons. The molecule has 132 valence electrons. The van der Waals surface area contributed by atoms with Crippen LogP contribution in [-0.4, -0.2) is 26.3 Å². The molecule has 0 aliphatic rings. The number of nitrogens with zero attached hydrogens (tertiary/aromatic N) is 3. The van der Waals surface area contributed by atoms with E-state index in [-0.39, 0.29) is 11.7 Å². The highest BCUT2D eigenvalue weighted by molar-refractivity contribution is 7.99. The summed E-state index contributed by atoms with van der Waals surface area (Å²) >= 11 is 1.38. The van der Waals surface area contributed by atoms with E-state index in [1.165, 1.54) is 17.1 Å². The predicted molar refractivity (Wildman–Crippen MR) is 101 cm³/mol. The van der Waals surface area contributed by atoms with Gasteiger partial charge in [0.05, 0.1) is 24.1 Å². The number of thioether (sulfide) groups is 1. The van der Waals surface area contributed by atoms with Gasteiger partial charge in [0.2, 0.25) is 5.91 Å². The fourth-order valence-electron chi connectivity index (χ4n) is 3.00. The number of nitrogens with one attached hydrogen (secondary N) is 1. The highest BCUT2D eigenvalue weighted by Gasteiger charge is 2.14. The Morgan fingerprint density at radius 1 is 1.19 bits per heavy atom. The summed E-state index contributed by atoms with van der Waals surface area (Å²) in [6.07, 6.45) is 1.59. The van der Waals surface area contributed by atoms with Gasteiger partial charge in [-0.15, -0.1) is 10.2 Å². The molecule has 26 heavy (non-hydrogen) atoms. The number of carbonyl (C=O) groups is 1. The molecule has 0 bridgehead atoms. The lowest BCUT2D eigenvalue weighted by atomic mass is 10.1. The number of para-hydroxylation sites is 1. The van der Waals surface area contributed by atoms with Gasteiger partial charge >= 0.3 is 0 Å². The Kier molecular flexibility index (Phi) is 4.38. The van der Waals surface area contributed by atoms with Gasteiger partial charge in [-0.1, -0.05) is 30.0 Å². The van der Waals surface area contributed by atoms with Gasteiger partial charge < -0.3 is 9.73 Å². The van der Waals surface area contributed by atoms with Crippen LogP contribution in [-0.2, 0) is 11.3 Å². The van der Waals surface area contributed by atoms with Gasteiger partial charge in [0.15, 0.2) is 10.8 Å². The molecule has 0 saturated heterocycles. The van der Waals surface area contributed by atoms with Gasteiger partial charge in [-0.25, -0.2) is 0 Å². The zero-order chi connectivity index (χ0) is 18.1. The molecule has 0 aliphatic heterocycles. The van der Waals surface area contributed by atoms with Gasteiger partial charge in [-0.05, 0) is 43.2 Å². The smallest absolute Gasteiger partial charge is 0.230 e. The molecule has 0 unspecified atom stereocenters. The largest absolute Gasteiger partial charge is 0.467 e. The van der Waals surface area contributed by atoms with E-state index < -0.39 is 0 Å². The molecule has 0 spiro atoms. The van der Waals surface area contributed by atoms with Crippen LogP contribution in [0.1, 0.15) is 16.9 Å². The minimum atomic E-state index is -0.0729. The molecule has 1 aromatic carbocycles. The normalized spacial score (nSPS) is 11.3. The van der Waals surface area contributed by atoms with Crippen LogP contribution in [0.3, 0.4) is 0 Å². The Morgan fingerprint density at radius 2 is 2.08 bits per heavy atom. The molecule has 1 amide bonds. The van der Waals surface area contributed by atoms with E-state index in [2.05, 4.69) is 47.6 Å². The zero-order valence-corrected chi connectivity index (χ0v) is 15.3. The molecule has 0 saturated carbocycles. The Labute approximate surface area is 154 Å². The first kappa shape index (κ1) is 16.7. The third kappa shape index (κ3) is 3.06. The molecule has 6 nitrogen and oxygen atoms in total. The summed E-state index contributed by atoms with van der Waals surface area (Å²) in [4.78, 5) is 12.1. The molecule has 1 N–H and O–H groups in total. The number of benzene rings is 1. The molecule has 4 rings (SSSR count). The van der Waals surface area contributed by atoms with Crippen LogP contribution in [0.25, 0.3) is 16.6 Å². The maximum Gasteiger partial charge on any atom is 0.230 e. The van der Waals surface area contributed by atoms with E-state index in [1.54, 1.807) is 12.3 Å². The molecule has 4 aromatic rings. The van der Waals surface area contributed by atoms with E-state index in [0.29, 0.717) is 11.7 Å². The number of carbonyl (C=O) groups excluding carboxylic acids is 1. The van der Waals surface area contributed by atoms with Gasteiger partial charge in [-0.2, -0.15) is 0 Å². The molecule has 0 atom stereocenters. The number of aryl methyl sites for hydroxylation is 2. The number of hydrogen-bond donors (Lipinski definition) is 1. The Morgan fingerprint density at radius 3 is 2.88 bits per heavy atom. The SMILES string of the molecule is Cc1cc2nnc(SCC(=O)NCc3ccco3)n2c2c(C)cccc12. The summed E-state index contributed by atoms with van der Waals surface area (Å²) in [5, 5.41) is 13.3. The van der Waals surface area contributed by atoms with E-state index in [9.17, 15) is 4.79 Å². The van der Waals surface area contributed by atoms with Crippen molar-refractivity contribution in [1.82, 2.24) is 19.9 Å². The van der Waals surface area contributed by atoms with Crippen molar-refractivity contribution in [1.29, 1.82) is 0 Å². The van der Waals surface area contributed by atoms with E-state index in [1.807, 2.05) is 16.5 Å². The highest BCUT2D eigenvalue weighted by atomic mass is 32.2. The van der Waals surface area contributed by atoms with Crippen molar-refractivity contribution in [3.8, 4) is 0 Å².